The Morgan fingerprint density at radius 2 is 1.14 bits per heavy atom. The second-order valence-corrected chi connectivity index (χ2v) is 1.54. The minimum absolute atomic E-state index is 0. The van der Waals surface area contributed by atoms with Crippen molar-refractivity contribution in [3.05, 3.63) is 0 Å². The molecule has 0 aliphatic rings. The summed E-state index contributed by atoms with van der Waals surface area (Å²) >= 11 is 0. The standard InChI is InChI=1S/BH3.K.H3O4P.H/c;;1-5(2,3)4;/h1H3;;(H3,1,2,3,4);. The zero-order chi connectivity index (χ0) is 4.50. The molecule has 40 valence electrons. The molecule has 0 unspecified atom stereocenters. The van der Waals surface area contributed by atoms with Crippen molar-refractivity contribution in [3.63, 3.8) is 0 Å². The minimum atomic E-state index is -4.64. The van der Waals surface area contributed by atoms with E-state index in [9.17, 15) is 0 Å². The van der Waals surface area contributed by atoms with Crippen molar-refractivity contribution >= 4 is 67.6 Å². The van der Waals surface area contributed by atoms with Gasteiger partial charge in [-0.2, -0.15) is 0 Å². The molecule has 7 heavy (non-hydrogen) atoms. The van der Waals surface area contributed by atoms with Gasteiger partial charge in [0.2, 0.25) is 0 Å². The van der Waals surface area contributed by atoms with Crippen molar-refractivity contribution in [3.8, 4) is 0 Å². The van der Waals surface area contributed by atoms with E-state index < -0.39 is 7.82 Å². The van der Waals surface area contributed by atoms with E-state index >= 15 is 0 Å². The molecule has 7 heteroatoms. The molecule has 0 aromatic heterocycles. The van der Waals surface area contributed by atoms with Crippen LogP contribution in [0.4, 0.5) is 0 Å². The van der Waals surface area contributed by atoms with Gasteiger partial charge in [-0.15, -0.1) is 0 Å². The normalized spacial score (nSPS) is 8.43. The van der Waals surface area contributed by atoms with Gasteiger partial charge in [-0.05, 0) is 0 Å². The third-order valence-electron chi connectivity index (χ3n) is 0. The fraction of sp³-hybridized carbons (Fsp3) is 0. The Labute approximate surface area is 85.6 Å². The molecule has 0 aliphatic carbocycles. The van der Waals surface area contributed by atoms with Crippen LogP contribution >= 0.6 is 7.82 Å². The zero-order valence-electron chi connectivity index (χ0n) is 2.20. The number of hydrogen-bond donors (Lipinski definition) is 3. The van der Waals surface area contributed by atoms with Crippen molar-refractivity contribution in [2.75, 3.05) is 0 Å². The summed E-state index contributed by atoms with van der Waals surface area (Å²) in [5, 5.41) is 0. The first-order valence-corrected chi connectivity index (χ1v) is 2.35. The average Bonchev–Trinajstić information content (AvgIpc) is 0.722. The van der Waals surface area contributed by atoms with Gasteiger partial charge in [0, 0.05) is 0 Å². The predicted molar refractivity (Wildman–Crippen MR) is 31.4 cm³/mol. The topological polar surface area (TPSA) is 77.8 Å². The van der Waals surface area contributed by atoms with Crippen LogP contribution < -0.4 is 0 Å². The fourth-order valence-electron chi connectivity index (χ4n) is 0. The van der Waals surface area contributed by atoms with Crippen LogP contribution in [0.15, 0.2) is 0 Å². The Morgan fingerprint density at radius 3 is 1.14 bits per heavy atom. The van der Waals surface area contributed by atoms with E-state index in [1.165, 1.54) is 0 Å². The second kappa shape index (κ2) is 5.94. The maximum absolute atomic E-state index is 8.88. The van der Waals surface area contributed by atoms with Gasteiger partial charge in [-0.1, -0.05) is 0 Å². The van der Waals surface area contributed by atoms with Crippen molar-refractivity contribution in [1.29, 1.82) is 0 Å². The molecule has 0 saturated carbocycles. The van der Waals surface area contributed by atoms with Crippen LogP contribution in [-0.4, -0.2) is 74.5 Å². The molecule has 0 fully saturated rings. The van der Waals surface area contributed by atoms with Crippen LogP contribution in [0.5, 0.6) is 0 Å². The third-order valence-corrected chi connectivity index (χ3v) is 0. The molecular weight excluding hydrogens is 145 g/mol. The molecule has 0 saturated heterocycles. The Balaban J connectivity index is -0.0000000800. The fourth-order valence-corrected chi connectivity index (χ4v) is 0. The van der Waals surface area contributed by atoms with Crippen molar-refractivity contribution < 1.29 is 19.2 Å². The summed E-state index contributed by atoms with van der Waals surface area (Å²) < 4.78 is 8.88. The van der Waals surface area contributed by atoms with Crippen LogP contribution in [0.3, 0.4) is 0 Å². The van der Waals surface area contributed by atoms with E-state index in [0.717, 1.165) is 0 Å². The van der Waals surface area contributed by atoms with E-state index in [1.807, 2.05) is 0 Å². The number of phosphoric acid groups is 1. The first kappa shape index (κ1) is 15.9. The molecule has 0 rings (SSSR count). The Hall–Kier alpha value is 1.81. The first-order valence-electron chi connectivity index (χ1n) is 0.783. The summed E-state index contributed by atoms with van der Waals surface area (Å²) in [6.07, 6.45) is 0. The number of rotatable bonds is 0. The van der Waals surface area contributed by atoms with E-state index in [4.69, 9.17) is 19.2 Å². The van der Waals surface area contributed by atoms with E-state index in [2.05, 4.69) is 0 Å². The van der Waals surface area contributed by atoms with Crippen LogP contribution in [0.25, 0.3) is 0 Å². The van der Waals surface area contributed by atoms with Crippen molar-refractivity contribution in [2.24, 2.45) is 0 Å². The maximum atomic E-state index is 8.88. The molecule has 0 aliphatic heterocycles. The van der Waals surface area contributed by atoms with E-state index in [-0.39, 0.29) is 59.8 Å². The van der Waals surface area contributed by atoms with Gasteiger partial charge in [-0.3, -0.25) is 0 Å². The van der Waals surface area contributed by atoms with Gasteiger partial charge in [0.25, 0.3) is 0 Å². The van der Waals surface area contributed by atoms with Gasteiger partial charge in [-0.25, -0.2) is 4.57 Å². The van der Waals surface area contributed by atoms with Crippen molar-refractivity contribution in [2.45, 2.75) is 0 Å². The molecule has 0 amide bonds. The van der Waals surface area contributed by atoms with Crippen LogP contribution in [-0.2, 0) is 4.57 Å². The third kappa shape index (κ3) is 80.4. The van der Waals surface area contributed by atoms with Gasteiger partial charge >= 0.3 is 59.2 Å². The summed E-state index contributed by atoms with van der Waals surface area (Å²) in [5.74, 6) is 0. The van der Waals surface area contributed by atoms with Gasteiger partial charge in [0.1, 0.15) is 0 Å². The SMILES string of the molecule is B.O=P(O)(O)O.[KH]. The summed E-state index contributed by atoms with van der Waals surface area (Å²) in [4.78, 5) is 21.6. The summed E-state index contributed by atoms with van der Waals surface area (Å²) in [6.45, 7) is 0. The van der Waals surface area contributed by atoms with Gasteiger partial charge < -0.3 is 14.7 Å². The molecular formula is H7BKO4P. The molecule has 0 aromatic carbocycles. The molecule has 4 nitrogen and oxygen atoms in total. The summed E-state index contributed by atoms with van der Waals surface area (Å²) in [7, 11) is -4.64. The quantitative estimate of drug-likeness (QED) is 0.259. The van der Waals surface area contributed by atoms with Crippen LogP contribution in [0.2, 0.25) is 0 Å². The molecule has 0 radical (unpaired) electrons. The van der Waals surface area contributed by atoms with Crippen LogP contribution in [0, 0.1) is 0 Å². The van der Waals surface area contributed by atoms with E-state index in [1.54, 1.807) is 0 Å². The summed E-state index contributed by atoms with van der Waals surface area (Å²) in [5.41, 5.74) is 0. The summed E-state index contributed by atoms with van der Waals surface area (Å²) in [6, 6.07) is 0. The van der Waals surface area contributed by atoms with Crippen molar-refractivity contribution in [1.82, 2.24) is 0 Å². The molecule has 0 aromatic rings. The second-order valence-electron chi connectivity index (χ2n) is 0.513. The molecule has 0 spiro atoms. The predicted octanol–water partition coefficient (Wildman–Crippen LogP) is -2.76. The average molecular weight is 152 g/mol. The Morgan fingerprint density at radius 1 is 1.14 bits per heavy atom. The number of hydrogen-bond acceptors (Lipinski definition) is 1. The van der Waals surface area contributed by atoms with E-state index in [0.29, 0.717) is 0 Å². The molecule has 0 atom stereocenters. The molecule has 0 heterocycles. The monoisotopic (exact) mass is 152 g/mol. The first-order chi connectivity index (χ1) is 2.00. The van der Waals surface area contributed by atoms with Gasteiger partial charge in [0.05, 0.1) is 8.41 Å². The Kier molecular flexibility index (Phi) is 13.5. The van der Waals surface area contributed by atoms with Crippen LogP contribution in [0.1, 0.15) is 0 Å². The molecule has 0 bridgehead atoms. The van der Waals surface area contributed by atoms with Gasteiger partial charge in [0.15, 0.2) is 0 Å². The molecule has 3 N–H and O–H groups in total. The zero-order valence-corrected chi connectivity index (χ0v) is 3.09. The Bertz CT molecular complexity index is 57.8.